The minimum Gasteiger partial charge on any atom is -0.368 e. The highest BCUT2D eigenvalue weighted by Crippen LogP contribution is 2.57. The number of halogens is 1. The molecule has 0 aliphatic heterocycles. The van der Waals surface area contributed by atoms with E-state index in [9.17, 15) is 4.57 Å². The summed E-state index contributed by atoms with van der Waals surface area (Å²) in [5.41, 5.74) is 7.82. The third kappa shape index (κ3) is 4.43. The number of anilines is 1. The molecule has 0 radical (unpaired) electrons. The van der Waals surface area contributed by atoms with Crippen molar-refractivity contribution < 1.29 is 13.6 Å². The Morgan fingerprint density at radius 3 is 2.62 bits per heavy atom. The molecule has 0 bridgehead atoms. The van der Waals surface area contributed by atoms with Crippen LogP contribution in [0.15, 0.2) is 11.9 Å². The second-order valence-corrected chi connectivity index (χ2v) is 9.27. The van der Waals surface area contributed by atoms with E-state index in [1.165, 1.54) is 0 Å². The zero-order valence-electron chi connectivity index (χ0n) is 15.2. The predicted molar refractivity (Wildman–Crippen MR) is 102 cm³/mol. The third-order valence-corrected chi connectivity index (χ3v) is 6.37. The van der Waals surface area contributed by atoms with Crippen LogP contribution in [0.5, 0.6) is 0 Å². The molecule has 26 heavy (non-hydrogen) atoms. The molecule has 10 heteroatoms. The first-order valence-corrected chi connectivity index (χ1v) is 10.6. The number of aromatic nitrogens is 4. The molecule has 1 unspecified atom stereocenters. The molecule has 1 fully saturated rings. The van der Waals surface area contributed by atoms with Gasteiger partial charge in [0.2, 0.25) is 5.95 Å². The molecule has 142 valence electrons. The summed E-state index contributed by atoms with van der Waals surface area (Å²) in [7, 11) is -3.15. The molecule has 0 saturated heterocycles. The van der Waals surface area contributed by atoms with Crippen LogP contribution in [0.4, 0.5) is 5.95 Å². The van der Waals surface area contributed by atoms with Gasteiger partial charge < -0.3 is 14.8 Å². The van der Waals surface area contributed by atoms with Gasteiger partial charge >= 0.3 is 7.60 Å². The minimum atomic E-state index is -3.15. The Hall–Kier alpha value is -1.47. The Bertz CT molecular complexity index is 881. The van der Waals surface area contributed by atoms with Crippen LogP contribution in [0, 0.1) is 5.92 Å². The molecule has 2 aromatic rings. The van der Waals surface area contributed by atoms with Crippen LogP contribution < -0.4 is 5.73 Å². The lowest BCUT2D eigenvalue weighted by molar-refractivity contribution is 0.142. The fourth-order valence-electron chi connectivity index (χ4n) is 2.76. The van der Waals surface area contributed by atoms with Gasteiger partial charge in [-0.05, 0) is 45.6 Å². The molecule has 2 aromatic heterocycles. The van der Waals surface area contributed by atoms with Gasteiger partial charge in [0.1, 0.15) is 11.8 Å². The fraction of sp³-hybridized carbons (Fsp3) is 0.562. The Labute approximate surface area is 157 Å². The Kier molecular flexibility index (Phi) is 5.40. The van der Waals surface area contributed by atoms with Crippen molar-refractivity contribution in [2.24, 2.45) is 5.92 Å². The zero-order chi connectivity index (χ0) is 19.1. The monoisotopic (exact) mass is 399 g/mol. The number of hydrogen-bond acceptors (Lipinski definition) is 7. The van der Waals surface area contributed by atoms with Crippen molar-refractivity contribution in [1.29, 1.82) is 0 Å². The molecular weight excluding hydrogens is 377 g/mol. The molecular formula is C16H23ClN5O3P. The number of allylic oxidation sites excluding steroid dienone is 1. The second kappa shape index (κ2) is 7.27. The van der Waals surface area contributed by atoms with Crippen LogP contribution in [-0.4, -0.2) is 37.9 Å². The standard InChI is InChI=1S/C16H23ClN5O3P/c1-9(2)24-26(23,25-10(3)4)7-12-5-11(12)6-22-8-19-13-14(17)20-16(18)21-15(13)22/h6,8-10,12H,5,7H2,1-4H3,(H2,18,20,21)/b11-6+. The van der Waals surface area contributed by atoms with Crippen LogP contribution in [0.1, 0.15) is 34.1 Å². The Balaban J connectivity index is 1.78. The van der Waals surface area contributed by atoms with Crippen LogP contribution >= 0.6 is 19.2 Å². The lowest BCUT2D eigenvalue weighted by atomic mass is 10.4. The van der Waals surface area contributed by atoms with Crippen molar-refractivity contribution in [3.05, 3.63) is 17.1 Å². The average molecular weight is 400 g/mol. The molecule has 1 aliphatic rings. The predicted octanol–water partition coefficient (Wildman–Crippen LogP) is 3.97. The minimum absolute atomic E-state index is 0.0927. The van der Waals surface area contributed by atoms with E-state index in [1.807, 2.05) is 33.9 Å². The lowest BCUT2D eigenvalue weighted by Gasteiger charge is -2.22. The fourth-order valence-corrected chi connectivity index (χ4v) is 5.39. The number of nitrogens with two attached hydrogens (primary N) is 1. The molecule has 2 N–H and O–H groups in total. The van der Waals surface area contributed by atoms with Gasteiger partial charge in [-0.2, -0.15) is 9.97 Å². The molecule has 0 aromatic carbocycles. The third-order valence-electron chi connectivity index (χ3n) is 3.73. The first-order valence-electron chi connectivity index (χ1n) is 8.49. The largest absolute Gasteiger partial charge is 0.368 e. The molecule has 1 aliphatic carbocycles. The second-order valence-electron chi connectivity index (χ2n) is 6.90. The number of imidazole rings is 1. The van der Waals surface area contributed by atoms with Crippen LogP contribution in [0.3, 0.4) is 0 Å². The van der Waals surface area contributed by atoms with E-state index >= 15 is 0 Å². The first-order chi connectivity index (χ1) is 12.2. The highest BCUT2D eigenvalue weighted by Gasteiger charge is 2.40. The van der Waals surface area contributed by atoms with Crippen molar-refractivity contribution in [1.82, 2.24) is 19.5 Å². The van der Waals surface area contributed by atoms with Gasteiger partial charge in [0.05, 0.1) is 18.4 Å². The number of hydrogen-bond donors (Lipinski definition) is 1. The topological polar surface area (TPSA) is 105 Å². The van der Waals surface area contributed by atoms with Gasteiger partial charge in [0.25, 0.3) is 0 Å². The summed E-state index contributed by atoms with van der Waals surface area (Å²) >= 11 is 6.04. The summed E-state index contributed by atoms with van der Waals surface area (Å²) in [6.45, 7) is 7.41. The van der Waals surface area contributed by atoms with E-state index in [-0.39, 0.29) is 29.2 Å². The zero-order valence-corrected chi connectivity index (χ0v) is 16.9. The van der Waals surface area contributed by atoms with E-state index in [0.29, 0.717) is 17.3 Å². The highest BCUT2D eigenvalue weighted by molar-refractivity contribution is 7.53. The van der Waals surface area contributed by atoms with E-state index in [1.54, 1.807) is 10.9 Å². The maximum absolute atomic E-state index is 13.0. The molecule has 8 nitrogen and oxygen atoms in total. The smallest absolute Gasteiger partial charge is 0.331 e. The van der Waals surface area contributed by atoms with Gasteiger partial charge in [-0.25, -0.2) is 4.98 Å². The molecule has 1 atom stereocenters. The van der Waals surface area contributed by atoms with Gasteiger partial charge in [-0.1, -0.05) is 11.6 Å². The molecule has 2 heterocycles. The normalized spacial score (nSPS) is 19.2. The summed E-state index contributed by atoms with van der Waals surface area (Å²) < 4.78 is 26.0. The number of rotatable bonds is 7. The molecule has 1 saturated carbocycles. The van der Waals surface area contributed by atoms with E-state index in [4.69, 9.17) is 26.4 Å². The summed E-state index contributed by atoms with van der Waals surface area (Å²) in [6.07, 6.45) is 4.38. The number of nitrogen functional groups attached to an aromatic ring is 1. The van der Waals surface area contributed by atoms with Crippen molar-refractivity contribution in [2.45, 2.75) is 46.3 Å². The summed E-state index contributed by atoms with van der Waals surface area (Å²) in [4.78, 5) is 12.3. The van der Waals surface area contributed by atoms with Gasteiger partial charge in [0.15, 0.2) is 10.8 Å². The average Bonchev–Trinajstić information content (AvgIpc) is 3.04. The quantitative estimate of drug-likeness (QED) is 0.554. The number of nitrogens with zero attached hydrogens (tertiary/aromatic N) is 4. The van der Waals surface area contributed by atoms with E-state index < -0.39 is 7.60 Å². The van der Waals surface area contributed by atoms with Gasteiger partial charge in [-0.15, -0.1) is 0 Å². The maximum Gasteiger partial charge on any atom is 0.331 e. The van der Waals surface area contributed by atoms with E-state index in [0.717, 1.165) is 12.0 Å². The highest BCUT2D eigenvalue weighted by atomic mass is 35.5. The van der Waals surface area contributed by atoms with Crippen molar-refractivity contribution in [3.63, 3.8) is 0 Å². The summed E-state index contributed by atoms with van der Waals surface area (Å²) in [6, 6.07) is 0. The molecule has 0 amide bonds. The Morgan fingerprint density at radius 2 is 2.00 bits per heavy atom. The van der Waals surface area contributed by atoms with Gasteiger partial charge in [0, 0.05) is 6.20 Å². The summed E-state index contributed by atoms with van der Waals surface area (Å²) in [5, 5.41) is 0.220. The first kappa shape index (κ1) is 19.3. The lowest BCUT2D eigenvalue weighted by Crippen LogP contribution is -2.11. The Morgan fingerprint density at radius 1 is 1.35 bits per heavy atom. The van der Waals surface area contributed by atoms with Crippen LogP contribution in [-0.2, 0) is 13.6 Å². The molecule has 3 rings (SSSR count). The molecule has 0 spiro atoms. The maximum atomic E-state index is 13.0. The van der Waals surface area contributed by atoms with Crippen molar-refractivity contribution in [2.75, 3.05) is 11.9 Å². The van der Waals surface area contributed by atoms with Gasteiger partial charge in [-0.3, -0.25) is 9.13 Å². The van der Waals surface area contributed by atoms with Crippen LogP contribution in [0.2, 0.25) is 5.15 Å². The van der Waals surface area contributed by atoms with Crippen molar-refractivity contribution in [3.8, 4) is 0 Å². The SMILES string of the molecule is CC(C)OP(=O)(CC1C/C1=C\n1cnc2c(Cl)nc(N)nc21)OC(C)C. The number of fused-ring (bicyclic) bond motifs is 1. The summed E-state index contributed by atoms with van der Waals surface area (Å²) in [5.74, 6) is 0.237. The van der Waals surface area contributed by atoms with Crippen LogP contribution in [0.25, 0.3) is 17.4 Å². The van der Waals surface area contributed by atoms with E-state index in [2.05, 4.69) is 15.0 Å². The van der Waals surface area contributed by atoms with Crippen molar-refractivity contribution >= 4 is 42.5 Å².